The Morgan fingerprint density at radius 3 is 2.54 bits per heavy atom. The quantitative estimate of drug-likeness (QED) is 0.163. The van der Waals surface area contributed by atoms with Crippen molar-refractivity contribution >= 4 is 40.2 Å². The molecule has 2 heterocycles. The molecule has 0 radical (unpaired) electrons. The van der Waals surface area contributed by atoms with Crippen LogP contribution in [0.1, 0.15) is 55.8 Å². The van der Waals surface area contributed by atoms with Gasteiger partial charge in [-0.3, -0.25) is 4.98 Å². The molecule has 206 valence electrons. The lowest BCUT2D eigenvalue weighted by molar-refractivity contribution is -0.167. The first kappa shape index (κ1) is 29.0. The van der Waals surface area contributed by atoms with Gasteiger partial charge in [-0.2, -0.15) is 0 Å². The number of thioether (sulfide) groups is 1. The number of esters is 1. The number of pyridine rings is 1. The summed E-state index contributed by atoms with van der Waals surface area (Å²) in [7, 11) is 0. The number of aryl methyl sites for hydroxylation is 2. The summed E-state index contributed by atoms with van der Waals surface area (Å²) < 4.78 is 11.4. The van der Waals surface area contributed by atoms with E-state index >= 15 is 0 Å². The number of fused-ring (bicyclic) bond motifs is 1. The normalized spacial score (nSPS) is 13.3. The second-order valence-corrected chi connectivity index (χ2v) is 12.9. The zero-order chi connectivity index (χ0) is 28.4. The van der Waals surface area contributed by atoms with Crippen molar-refractivity contribution in [3.63, 3.8) is 0 Å². The third-order valence-corrected chi connectivity index (χ3v) is 7.72. The fraction of sp³-hybridized carbons (Fsp3) is 0.355. The fourth-order valence-electron chi connectivity index (χ4n) is 4.45. The number of aromatic nitrogens is 2. The van der Waals surface area contributed by atoms with Crippen LogP contribution in [0, 0.1) is 13.8 Å². The molecule has 2 aromatic heterocycles. The minimum absolute atomic E-state index is 0.00157. The molecule has 6 nitrogen and oxygen atoms in total. The summed E-state index contributed by atoms with van der Waals surface area (Å²) in [6, 6.07) is 14.9. The van der Waals surface area contributed by atoms with Crippen molar-refractivity contribution in [2.45, 2.75) is 69.8 Å². The Morgan fingerprint density at radius 1 is 1.13 bits per heavy atom. The van der Waals surface area contributed by atoms with Gasteiger partial charge in [0.25, 0.3) is 0 Å². The Hall–Kier alpha value is -3.00. The zero-order valence-corrected chi connectivity index (χ0v) is 24.8. The summed E-state index contributed by atoms with van der Waals surface area (Å²) in [6.07, 6.45) is 1.82. The summed E-state index contributed by atoms with van der Waals surface area (Å²) in [5.41, 5.74) is 2.77. The van der Waals surface area contributed by atoms with E-state index in [1.165, 1.54) is 0 Å². The van der Waals surface area contributed by atoms with Crippen molar-refractivity contribution in [1.29, 1.82) is 0 Å². The van der Waals surface area contributed by atoms with E-state index in [0.29, 0.717) is 23.1 Å². The van der Waals surface area contributed by atoms with Crippen molar-refractivity contribution in [2.24, 2.45) is 0 Å². The van der Waals surface area contributed by atoms with Gasteiger partial charge in [0.15, 0.2) is 0 Å². The predicted molar refractivity (Wildman–Crippen MR) is 158 cm³/mol. The first-order chi connectivity index (χ1) is 18.4. The van der Waals surface area contributed by atoms with Gasteiger partial charge in [-0.1, -0.05) is 50.6 Å². The molecule has 0 bridgehead atoms. The topological polar surface area (TPSA) is 84.4 Å². The Balaban J connectivity index is 1.85. The lowest BCUT2D eigenvalue weighted by Gasteiger charge is -2.28. The van der Waals surface area contributed by atoms with Crippen molar-refractivity contribution in [3.05, 3.63) is 87.8 Å². The first-order valence-electron chi connectivity index (χ1n) is 12.9. The number of carbonyl (C=O) groups excluding carboxylic acids is 1. The number of carbonyl (C=O) groups is 1. The number of halogens is 1. The minimum atomic E-state index is -1.97. The van der Waals surface area contributed by atoms with E-state index in [2.05, 4.69) is 30.7 Å². The summed E-state index contributed by atoms with van der Waals surface area (Å²) >= 11 is 7.82. The number of ether oxygens (including phenoxy) is 2. The van der Waals surface area contributed by atoms with Gasteiger partial charge in [0, 0.05) is 43.7 Å². The SMILES string of the molecule is CCOC(=O)C(O)(Cc1cccc(Cl)c1)c1[nH]c2ccc(OCc3ccc(C)cn3)c(C)c2c1SC(C)(C)C. The van der Waals surface area contributed by atoms with Crippen LogP contribution in [0.3, 0.4) is 0 Å². The molecule has 4 aromatic rings. The average molecular weight is 567 g/mol. The molecule has 0 aliphatic heterocycles. The van der Waals surface area contributed by atoms with Crippen LogP contribution in [0.4, 0.5) is 0 Å². The van der Waals surface area contributed by atoms with Gasteiger partial charge < -0.3 is 19.6 Å². The molecule has 0 aliphatic rings. The number of rotatable bonds is 9. The minimum Gasteiger partial charge on any atom is -0.487 e. The predicted octanol–water partition coefficient (Wildman–Crippen LogP) is 7.30. The maximum Gasteiger partial charge on any atom is 0.344 e. The molecular weight excluding hydrogens is 532 g/mol. The van der Waals surface area contributed by atoms with E-state index in [1.807, 2.05) is 50.4 Å². The zero-order valence-electron chi connectivity index (χ0n) is 23.2. The van der Waals surface area contributed by atoms with E-state index in [-0.39, 0.29) is 17.8 Å². The molecule has 2 aromatic carbocycles. The molecule has 0 saturated heterocycles. The van der Waals surface area contributed by atoms with Crippen LogP contribution in [0.5, 0.6) is 5.75 Å². The maximum atomic E-state index is 13.4. The van der Waals surface area contributed by atoms with E-state index < -0.39 is 11.6 Å². The maximum absolute atomic E-state index is 13.4. The molecule has 4 rings (SSSR count). The van der Waals surface area contributed by atoms with E-state index in [9.17, 15) is 9.90 Å². The van der Waals surface area contributed by atoms with Gasteiger partial charge in [0.1, 0.15) is 12.4 Å². The Bertz CT molecular complexity index is 1480. The molecule has 1 unspecified atom stereocenters. The first-order valence-corrected chi connectivity index (χ1v) is 14.1. The third kappa shape index (κ3) is 6.60. The van der Waals surface area contributed by atoms with Gasteiger partial charge in [-0.05, 0) is 62.2 Å². The highest BCUT2D eigenvalue weighted by molar-refractivity contribution is 8.00. The van der Waals surface area contributed by atoms with Crippen LogP contribution in [0.15, 0.2) is 59.6 Å². The van der Waals surface area contributed by atoms with Crippen LogP contribution < -0.4 is 4.74 Å². The molecule has 1 atom stereocenters. The monoisotopic (exact) mass is 566 g/mol. The number of hydrogen-bond donors (Lipinski definition) is 2. The Labute approximate surface area is 239 Å². The molecule has 0 saturated carbocycles. The molecule has 39 heavy (non-hydrogen) atoms. The molecule has 0 fully saturated rings. The Morgan fingerprint density at radius 2 is 1.90 bits per heavy atom. The van der Waals surface area contributed by atoms with Crippen molar-refractivity contribution in [3.8, 4) is 5.75 Å². The fourth-order valence-corrected chi connectivity index (χ4v) is 5.96. The number of hydrogen-bond acceptors (Lipinski definition) is 6. The van der Waals surface area contributed by atoms with Crippen LogP contribution in [0.2, 0.25) is 5.02 Å². The molecule has 8 heteroatoms. The molecular formula is C31H35ClN2O4S. The van der Waals surface area contributed by atoms with Gasteiger partial charge in [-0.25, -0.2) is 4.79 Å². The van der Waals surface area contributed by atoms with Gasteiger partial charge in [-0.15, -0.1) is 11.8 Å². The van der Waals surface area contributed by atoms with Crippen molar-refractivity contribution < 1.29 is 19.4 Å². The standard InChI is InChI=1S/C31H35ClN2O4S/c1-7-37-29(35)31(36,16-21-9-8-10-22(32)15-21)28-27(39-30(4,5)6)26-20(3)25(14-13-24(26)34-28)38-18-23-12-11-19(2)17-33-23/h8-15,17,34,36H,7,16,18H2,1-6H3. The van der Waals surface area contributed by atoms with E-state index in [1.54, 1.807) is 36.9 Å². The molecule has 2 N–H and O–H groups in total. The van der Waals surface area contributed by atoms with Crippen LogP contribution in [-0.4, -0.2) is 32.4 Å². The van der Waals surface area contributed by atoms with E-state index in [4.69, 9.17) is 21.1 Å². The van der Waals surface area contributed by atoms with Crippen LogP contribution in [0.25, 0.3) is 10.9 Å². The number of nitrogens with zero attached hydrogens (tertiary/aromatic N) is 1. The average Bonchev–Trinajstić information content (AvgIpc) is 3.23. The summed E-state index contributed by atoms with van der Waals surface area (Å²) in [4.78, 5) is 22.0. The van der Waals surface area contributed by atoms with Gasteiger partial charge in [0.2, 0.25) is 5.60 Å². The second kappa shape index (κ2) is 11.6. The lowest BCUT2D eigenvalue weighted by atomic mass is 9.90. The second-order valence-electron chi connectivity index (χ2n) is 10.7. The van der Waals surface area contributed by atoms with Gasteiger partial charge in [0.05, 0.1) is 18.0 Å². The van der Waals surface area contributed by atoms with Gasteiger partial charge >= 0.3 is 5.97 Å². The number of aliphatic hydroxyl groups is 1. The third-order valence-electron chi connectivity index (χ3n) is 6.26. The van der Waals surface area contributed by atoms with Crippen molar-refractivity contribution in [2.75, 3.05) is 6.61 Å². The number of aromatic amines is 1. The number of benzene rings is 2. The Kier molecular flexibility index (Phi) is 8.64. The van der Waals surface area contributed by atoms with E-state index in [0.717, 1.165) is 38.2 Å². The summed E-state index contributed by atoms with van der Waals surface area (Å²) in [5, 5.41) is 13.6. The number of nitrogens with one attached hydrogen (secondary N) is 1. The number of H-pyrrole nitrogens is 1. The summed E-state index contributed by atoms with van der Waals surface area (Å²) in [6.45, 7) is 12.5. The highest BCUT2D eigenvalue weighted by Gasteiger charge is 2.44. The van der Waals surface area contributed by atoms with Crippen LogP contribution in [-0.2, 0) is 28.2 Å². The molecule has 0 aliphatic carbocycles. The summed E-state index contributed by atoms with van der Waals surface area (Å²) in [5.74, 6) is -0.00689. The smallest absolute Gasteiger partial charge is 0.344 e. The van der Waals surface area contributed by atoms with Crippen molar-refractivity contribution in [1.82, 2.24) is 9.97 Å². The highest BCUT2D eigenvalue weighted by atomic mass is 35.5. The largest absolute Gasteiger partial charge is 0.487 e. The highest BCUT2D eigenvalue weighted by Crippen LogP contribution is 2.46. The molecule has 0 spiro atoms. The molecule has 0 amide bonds. The lowest BCUT2D eigenvalue weighted by Crippen LogP contribution is -2.40. The van der Waals surface area contributed by atoms with Crippen LogP contribution >= 0.6 is 23.4 Å².